The second-order valence-corrected chi connectivity index (χ2v) is 4.66. The van der Waals surface area contributed by atoms with Crippen LogP contribution in [-0.2, 0) is 0 Å². The first-order valence-corrected chi connectivity index (χ1v) is 6.22. The highest BCUT2D eigenvalue weighted by atomic mass is 16.3. The number of aromatic amines is 1. The summed E-state index contributed by atoms with van der Waals surface area (Å²) in [4.78, 5) is 26.9. The van der Waals surface area contributed by atoms with Crippen molar-refractivity contribution < 1.29 is 4.42 Å². The number of para-hydroxylation sites is 2. The molecule has 0 fully saturated rings. The van der Waals surface area contributed by atoms with Crippen LogP contribution < -0.4 is 10.9 Å². The minimum absolute atomic E-state index is 0.331. The normalized spacial score (nSPS) is 11.4. The van der Waals surface area contributed by atoms with E-state index in [1.807, 2.05) is 30.3 Å². The molecule has 4 aromatic rings. The number of aromatic nitrogens is 1. The van der Waals surface area contributed by atoms with Crippen molar-refractivity contribution in [2.45, 2.75) is 0 Å². The summed E-state index contributed by atoms with van der Waals surface area (Å²) in [6.07, 6.45) is 0. The van der Waals surface area contributed by atoms with Crippen LogP contribution in [0.3, 0.4) is 0 Å². The number of nitrogens with one attached hydrogen (secondary N) is 1. The monoisotopic (exact) mass is 263 g/mol. The molecule has 0 aliphatic carbocycles. The van der Waals surface area contributed by atoms with Crippen molar-refractivity contribution in [1.29, 1.82) is 0 Å². The molecule has 4 heteroatoms. The van der Waals surface area contributed by atoms with Gasteiger partial charge in [0.15, 0.2) is 11.2 Å². The zero-order chi connectivity index (χ0) is 13.7. The van der Waals surface area contributed by atoms with Gasteiger partial charge in [0.1, 0.15) is 0 Å². The van der Waals surface area contributed by atoms with Gasteiger partial charge in [-0.1, -0.05) is 24.3 Å². The minimum atomic E-state index is -0.527. The summed E-state index contributed by atoms with van der Waals surface area (Å²) in [5.41, 5.74) is 1.55. The number of benzene rings is 3. The van der Waals surface area contributed by atoms with Gasteiger partial charge in [-0.25, -0.2) is 0 Å². The second kappa shape index (κ2) is 3.81. The van der Waals surface area contributed by atoms with Gasteiger partial charge in [-0.05, 0) is 29.7 Å². The highest BCUT2D eigenvalue weighted by molar-refractivity contribution is 6.03. The molecule has 0 atom stereocenters. The van der Waals surface area contributed by atoms with Gasteiger partial charge in [0, 0.05) is 0 Å². The lowest BCUT2D eigenvalue weighted by Crippen LogP contribution is -2.22. The quantitative estimate of drug-likeness (QED) is 0.301. The fourth-order valence-electron chi connectivity index (χ4n) is 2.45. The Labute approximate surface area is 112 Å². The molecule has 0 unspecified atom stereocenters. The molecular formula is C16H9NO3. The first kappa shape index (κ1) is 11.0. The predicted octanol–water partition coefficient (Wildman–Crippen LogP) is 2.79. The maximum absolute atomic E-state index is 12.1. The van der Waals surface area contributed by atoms with Crippen molar-refractivity contribution in [3.8, 4) is 0 Å². The molecular weight excluding hydrogens is 254 g/mol. The summed E-state index contributed by atoms with van der Waals surface area (Å²) in [7, 11) is 0. The molecule has 4 rings (SSSR count). The predicted molar refractivity (Wildman–Crippen MR) is 78.1 cm³/mol. The zero-order valence-electron chi connectivity index (χ0n) is 10.3. The summed E-state index contributed by atoms with van der Waals surface area (Å²) in [6, 6.07) is 14.0. The molecule has 20 heavy (non-hydrogen) atoms. The molecule has 0 bridgehead atoms. The van der Waals surface area contributed by atoms with Gasteiger partial charge in [-0.15, -0.1) is 0 Å². The number of hydrogen-bond acceptors (Lipinski definition) is 3. The average molecular weight is 263 g/mol. The molecule has 0 aliphatic rings. The van der Waals surface area contributed by atoms with Crippen LogP contribution >= 0.6 is 0 Å². The van der Waals surface area contributed by atoms with Crippen molar-refractivity contribution in [1.82, 2.24) is 4.98 Å². The van der Waals surface area contributed by atoms with E-state index < -0.39 is 10.9 Å². The summed E-state index contributed by atoms with van der Waals surface area (Å²) in [5.74, 6) is 0. The van der Waals surface area contributed by atoms with E-state index in [1.165, 1.54) is 6.07 Å². The Hall–Kier alpha value is -2.88. The maximum atomic E-state index is 12.1. The minimum Gasteiger partial charge on any atom is -0.452 e. The van der Waals surface area contributed by atoms with E-state index in [-0.39, 0.29) is 0 Å². The molecule has 0 spiro atoms. The molecule has 0 aliphatic heterocycles. The fraction of sp³-hybridized carbons (Fsp3) is 0. The number of rotatable bonds is 0. The Morgan fingerprint density at radius 3 is 2.55 bits per heavy atom. The number of hydrogen-bond donors (Lipinski definition) is 1. The van der Waals surface area contributed by atoms with Crippen LogP contribution in [-0.4, -0.2) is 4.98 Å². The Morgan fingerprint density at radius 1 is 0.850 bits per heavy atom. The topological polar surface area (TPSA) is 63.1 Å². The van der Waals surface area contributed by atoms with E-state index in [1.54, 1.807) is 12.1 Å². The van der Waals surface area contributed by atoms with Gasteiger partial charge >= 0.3 is 0 Å². The average Bonchev–Trinajstić information content (AvgIpc) is 2.48. The maximum Gasteiger partial charge on any atom is 0.237 e. The Bertz CT molecular complexity index is 1090. The Balaban J connectivity index is 2.35. The summed E-state index contributed by atoms with van der Waals surface area (Å²) in [5, 5.41) is 1.03. The van der Waals surface area contributed by atoms with Crippen LogP contribution in [0.5, 0.6) is 0 Å². The zero-order valence-corrected chi connectivity index (χ0v) is 10.3. The van der Waals surface area contributed by atoms with Crippen molar-refractivity contribution in [2.75, 3.05) is 0 Å². The first-order chi connectivity index (χ1) is 9.74. The van der Waals surface area contributed by atoms with Crippen molar-refractivity contribution >= 4 is 33.0 Å². The third-order valence-electron chi connectivity index (χ3n) is 3.42. The van der Waals surface area contributed by atoms with E-state index in [9.17, 15) is 9.59 Å². The lowest BCUT2D eigenvalue weighted by Gasteiger charge is -2.05. The Morgan fingerprint density at radius 2 is 1.65 bits per heavy atom. The van der Waals surface area contributed by atoms with E-state index in [4.69, 9.17) is 4.42 Å². The Kier molecular flexibility index (Phi) is 2.09. The lowest BCUT2D eigenvalue weighted by atomic mass is 10.1. The van der Waals surface area contributed by atoms with Gasteiger partial charge in [-0.2, -0.15) is 0 Å². The van der Waals surface area contributed by atoms with Crippen molar-refractivity contribution in [3.63, 3.8) is 0 Å². The summed E-state index contributed by atoms with van der Waals surface area (Å²) >= 11 is 0. The van der Waals surface area contributed by atoms with Crippen LogP contribution in [0.15, 0.2) is 62.5 Å². The van der Waals surface area contributed by atoms with E-state index in [0.717, 1.165) is 5.52 Å². The van der Waals surface area contributed by atoms with Crippen LogP contribution in [0.2, 0.25) is 0 Å². The molecule has 96 valence electrons. The molecule has 4 nitrogen and oxygen atoms in total. The SMILES string of the molecule is O=c1ccc2ccc3[nH]c4ccccc4oc3c2c1=O. The molecule has 1 heterocycles. The molecule has 0 saturated heterocycles. The van der Waals surface area contributed by atoms with Gasteiger partial charge in [-0.3, -0.25) is 9.59 Å². The largest absolute Gasteiger partial charge is 0.452 e. The van der Waals surface area contributed by atoms with Gasteiger partial charge in [0.2, 0.25) is 10.9 Å². The highest BCUT2D eigenvalue weighted by Crippen LogP contribution is 2.24. The van der Waals surface area contributed by atoms with E-state index >= 15 is 0 Å². The second-order valence-electron chi connectivity index (χ2n) is 4.66. The lowest BCUT2D eigenvalue weighted by molar-refractivity contribution is 0.660. The van der Waals surface area contributed by atoms with Crippen LogP contribution in [0, 0.1) is 0 Å². The number of H-pyrrole nitrogens is 1. The molecule has 0 saturated carbocycles. The number of fused-ring (bicyclic) bond motifs is 4. The van der Waals surface area contributed by atoms with Crippen LogP contribution in [0.1, 0.15) is 0 Å². The third-order valence-corrected chi connectivity index (χ3v) is 3.42. The third kappa shape index (κ3) is 1.42. The summed E-state index contributed by atoms with van der Waals surface area (Å²) in [6.45, 7) is 0. The molecule has 0 radical (unpaired) electrons. The highest BCUT2D eigenvalue weighted by Gasteiger charge is 2.10. The van der Waals surface area contributed by atoms with Gasteiger partial charge in [0.25, 0.3) is 0 Å². The first-order valence-electron chi connectivity index (χ1n) is 6.22. The van der Waals surface area contributed by atoms with E-state index in [2.05, 4.69) is 4.98 Å². The summed E-state index contributed by atoms with van der Waals surface area (Å²) < 4.78 is 5.83. The van der Waals surface area contributed by atoms with Crippen LogP contribution in [0.25, 0.3) is 33.0 Å². The van der Waals surface area contributed by atoms with Crippen molar-refractivity contribution in [2.24, 2.45) is 0 Å². The van der Waals surface area contributed by atoms with Crippen LogP contribution in [0.4, 0.5) is 0 Å². The van der Waals surface area contributed by atoms with Gasteiger partial charge in [0.05, 0.1) is 16.4 Å². The molecule has 1 N–H and O–H groups in total. The smallest absolute Gasteiger partial charge is 0.237 e. The van der Waals surface area contributed by atoms with Gasteiger partial charge < -0.3 is 9.40 Å². The molecule has 0 amide bonds. The standard InChI is InChI=1S/C16H9NO3/c18-12-8-6-9-5-7-11-16(14(9)15(12)19)20-13-4-2-1-3-10(13)17-11/h1-8,17H. The molecule has 1 aromatic heterocycles. The molecule has 3 aromatic carbocycles. The fourth-order valence-corrected chi connectivity index (χ4v) is 2.45. The van der Waals surface area contributed by atoms with Crippen molar-refractivity contribution in [3.05, 3.63) is 69.0 Å². The van der Waals surface area contributed by atoms with E-state index in [0.29, 0.717) is 27.5 Å².